The minimum Gasteiger partial charge on any atom is -0.320 e. The van der Waals surface area contributed by atoms with Crippen molar-refractivity contribution >= 4 is 8.24 Å². The van der Waals surface area contributed by atoms with Crippen LogP contribution in [0.4, 0.5) is 0 Å². The van der Waals surface area contributed by atoms with Crippen LogP contribution in [0.1, 0.15) is 77.0 Å². The third kappa shape index (κ3) is 2.61. The molecule has 3 aliphatic carbocycles. The molecule has 0 spiro atoms. The Hall–Kier alpha value is 0.137. The maximum Gasteiger partial charge on any atom is 0.137 e. The van der Waals surface area contributed by atoms with Gasteiger partial charge in [0.1, 0.15) is 8.24 Å². The summed E-state index contributed by atoms with van der Waals surface area (Å²) in [6, 6.07) is 0. The van der Waals surface area contributed by atoms with Crippen LogP contribution in [0.5, 0.6) is 0 Å². The van der Waals surface area contributed by atoms with Gasteiger partial charge >= 0.3 is 0 Å². The van der Waals surface area contributed by atoms with E-state index in [1.165, 1.54) is 26.2 Å². The van der Waals surface area contributed by atoms with Crippen LogP contribution in [-0.4, -0.2) is 39.0 Å². The summed E-state index contributed by atoms with van der Waals surface area (Å²) < 4.78 is 3.19. The minimum atomic E-state index is -1.30. The molecule has 4 fully saturated rings. The predicted octanol–water partition coefficient (Wildman–Crippen LogP) is 4.67. The minimum absolute atomic E-state index is 1.16. The Morgan fingerprint density at radius 3 is 1.32 bits per heavy atom. The van der Waals surface area contributed by atoms with Crippen molar-refractivity contribution < 1.29 is 0 Å². The Kier molecular flexibility index (Phi) is 4.94. The van der Waals surface area contributed by atoms with Gasteiger partial charge in [0.2, 0.25) is 0 Å². The molecule has 0 unspecified atom stereocenters. The van der Waals surface area contributed by atoms with Crippen LogP contribution < -0.4 is 5.32 Å². The molecule has 0 radical (unpaired) electrons. The van der Waals surface area contributed by atoms with E-state index in [0.717, 1.165) is 16.6 Å². The maximum absolute atomic E-state index is 3.64. The zero-order valence-electron chi connectivity index (χ0n) is 14.5. The molecular formula is C19H36N2Si. The number of nitrogens with one attached hydrogen (secondary N) is 1. The van der Waals surface area contributed by atoms with Crippen LogP contribution in [0.15, 0.2) is 0 Å². The molecule has 4 aliphatic rings. The van der Waals surface area contributed by atoms with Gasteiger partial charge in [0.05, 0.1) is 0 Å². The van der Waals surface area contributed by atoms with Gasteiger partial charge in [0.15, 0.2) is 0 Å². The van der Waals surface area contributed by atoms with E-state index in [1.54, 1.807) is 77.0 Å². The average Bonchev–Trinajstić information content (AvgIpc) is 3.34. The van der Waals surface area contributed by atoms with Crippen molar-refractivity contribution in [2.45, 2.75) is 93.7 Å². The van der Waals surface area contributed by atoms with E-state index in [1.807, 2.05) is 0 Å². The number of hydrogen-bond donors (Lipinski definition) is 1. The molecule has 22 heavy (non-hydrogen) atoms. The molecule has 1 heterocycles. The lowest BCUT2D eigenvalue weighted by molar-refractivity contribution is 0.328. The number of rotatable bonds is 4. The largest absolute Gasteiger partial charge is 0.320 e. The van der Waals surface area contributed by atoms with Gasteiger partial charge < -0.3 is 9.88 Å². The fourth-order valence-electron chi connectivity index (χ4n) is 6.99. The van der Waals surface area contributed by atoms with E-state index in [2.05, 4.69) is 9.88 Å². The van der Waals surface area contributed by atoms with E-state index >= 15 is 0 Å². The molecule has 1 aliphatic heterocycles. The highest BCUT2D eigenvalue weighted by molar-refractivity contribution is 6.81. The van der Waals surface area contributed by atoms with Crippen LogP contribution in [0.2, 0.25) is 16.6 Å². The quantitative estimate of drug-likeness (QED) is 0.757. The van der Waals surface area contributed by atoms with Crippen molar-refractivity contribution in [1.82, 2.24) is 9.88 Å². The Balaban J connectivity index is 1.71. The van der Waals surface area contributed by atoms with Crippen molar-refractivity contribution in [2.75, 3.05) is 26.2 Å². The summed E-state index contributed by atoms with van der Waals surface area (Å²) in [5.41, 5.74) is 3.49. The van der Waals surface area contributed by atoms with Gasteiger partial charge in [-0.3, -0.25) is 0 Å². The van der Waals surface area contributed by atoms with Crippen LogP contribution in [-0.2, 0) is 0 Å². The second kappa shape index (κ2) is 6.94. The molecule has 1 saturated heterocycles. The first-order valence-corrected chi connectivity index (χ1v) is 12.6. The number of piperazine rings is 1. The topological polar surface area (TPSA) is 15.3 Å². The van der Waals surface area contributed by atoms with Crippen molar-refractivity contribution in [3.63, 3.8) is 0 Å². The van der Waals surface area contributed by atoms with Gasteiger partial charge in [-0.2, -0.15) is 0 Å². The van der Waals surface area contributed by atoms with Gasteiger partial charge in [0.25, 0.3) is 0 Å². The first kappa shape index (κ1) is 15.7. The lowest BCUT2D eigenvalue weighted by Crippen LogP contribution is -2.66. The lowest BCUT2D eigenvalue weighted by Gasteiger charge is -2.55. The first-order valence-electron chi connectivity index (χ1n) is 10.4. The summed E-state index contributed by atoms with van der Waals surface area (Å²) in [6.07, 6.45) is 18.9. The van der Waals surface area contributed by atoms with Crippen molar-refractivity contribution in [2.24, 2.45) is 0 Å². The molecule has 1 N–H and O–H groups in total. The fraction of sp³-hybridized carbons (Fsp3) is 1.00. The molecule has 0 aromatic carbocycles. The van der Waals surface area contributed by atoms with Crippen molar-refractivity contribution in [3.8, 4) is 0 Å². The summed E-state index contributed by atoms with van der Waals surface area (Å²) in [4.78, 5) is 0. The Labute approximate surface area is 138 Å². The second-order valence-electron chi connectivity index (χ2n) is 8.57. The molecular weight excluding hydrogens is 284 g/mol. The van der Waals surface area contributed by atoms with Crippen LogP contribution in [0, 0.1) is 0 Å². The summed E-state index contributed by atoms with van der Waals surface area (Å²) >= 11 is 0. The summed E-state index contributed by atoms with van der Waals surface area (Å²) in [7, 11) is -1.30. The summed E-state index contributed by atoms with van der Waals surface area (Å²) in [5, 5.41) is 3.64. The van der Waals surface area contributed by atoms with E-state index in [9.17, 15) is 0 Å². The summed E-state index contributed by atoms with van der Waals surface area (Å²) in [6.45, 7) is 5.30. The molecule has 0 aromatic rings. The SMILES string of the molecule is C1CCC([Si](C2CCCC2)(C2CCCC2)N2CCNCC2)C1. The number of nitrogens with zero attached hydrogens (tertiary/aromatic N) is 1. The molecule has 126 valence electrons. The smallest absolute Gasteiger partial charge is 0.137 e. The van der Waals surface area contributed by atoms with E-state index < -0.39 is 8.24 Å². The van der Waals surface area contributed by atoms with Crippen LogP contribution >= 0.6 is 0 Å². The molecule has 3 heteroatoms. The fourth-order valence-corrected chi connectivity index (χ4v) is 15.5. The highest BCUT2D eigenvalue weighted by Crippen LogP contribution is 2.59. The predicted molar refractivity (Wildman–Crippen MR) is 96.9 cm³/mol. The Morgan fingerprint density at radius 2 is 0.955 bits per heavy atom. The Bertz CT molecular complexity index is 308. The number of hydrogen-bond acceptors (Lipinski definition) is 2. The standard InChI is InChI=1S/C19H36N2Si/c1-2-8-17(7-1)22(18-9-3-4-10-18,19-11-5-6-12-19)21-15-13-20-14-16-21/h17-20H,1-16H2. The normalized spacial score (nSPS) is 30.5. The second-order valence-corrected chi connectivity index (χ2v) is 13.4. The van der Waals surface area contributed by atoms with Crippen molar-refractivity contribution in [1.29, 1.82) is 0 Å². The molecule has 0 amide bonds. The van der Waals surface area contributed by atoms with E-state index in [0.29, 0.717) is 0 Å². The van der Waals surface area contributed by atoms with Gasteiger partial charge in [-0.25, -0.2) is 0 Å². The lowest BCUT2D eigenvalue weighted by atomic mass is 10.3. The van der Waals surface area contributed by atoms with E-state index in [-0.39, 0.29) is 0 Å². The Morgan fingerprint density at radius 1 is 0.591 bits per heavy atom. The zero-order chi connectivity index (χ0) is 14.8. The van der Waals surface area contributed by atoms with Gasteiger partial charge in [-0.05, 0) is 16.6 Å². The highest BCUT2D eigenvalue weighted by Gasteiger charge is 2.57. The average molecular weight is 321 g/mol. The highest BCUT2D eigenvalue weighted by atomic mass is 28.3. The van der Waals surface area contributed by atoms with Gasteiger partial charge in [-0.1, -0.05) is 77.0 Å². The van der Waals surface area contributed by atoms with Crippen LogP contribution in [0.25, 0.3) is 0 Å². The van der Waals surface area contributed by atoms with Gasteiger partial charge in [0, 0.05) is 26.2 Å². The van der Waals surface area contributed by atoms with Gasteiger partial charge in [-0.15, -0.1) is 0 Å². The molecule has 0 bridgehead atoms. The third-order valence-electron chi connectivity index (χ3n) is 7.69. The molecule has 0 aromatic heterocycles. The summed E-state index contributed by atoms with van der Waals surface area (Å²) in [5.74, 6) is 0. The first-order chi connectivity index (χ1) is 10.9. The van der Waals surface area contributed by atoms with E-state index in [4.69, 9.17) is 0 Å². The van der Waals surface area contributed by atoms with Crippen molar-refractivity contribution in [3.05, 3.63) is 0 Å². The maximum atomic E-state index is 3.64. The zero-order valence-corrected chi connectivity index (χ0v) is 15.5. The van der Waals surface area contributed by atoms with Crippen LogP contribution in [0.3, 0.4) is 0 Å². The molecule has 3 saturated carbocycles. The third-order valence-corrected chi connectivity index (χ3v) is 14.9. The molecule has 4 rings (SSSR count). The molecule has 0 atom stereocenters. The monoisotopic (exact) mass is 320 g/mol. The molecule has 2 nitrogen and oxygen atoms in total.